The number of nitrogens with one attached hydrogen (secondary N) is 3. The summed E-state index contributed by atoms with van der Waals surface area (Å²) in [6.07, 6.45) is 9.26. The van der Waals surface area contributed by atoms with Gasteiger partial charge >= 0.3 is 0 Å². The summed E-state index contributed by atoms with van der Waals surface area (Å²) in [6, 6.07) is 22.0. The molecular formula is C55H66N10O8S. The molecule has 74 heavy (non-hydrogen) atoms. The fraction of sp³-hybridized carbons (Fsp3) is 0.491. The van der Waals surface area contributed by atoms with E-state index in [-0.39, 0.29) is 35.1 Å². The molecule has 1 saturated carbocycles. The van der Waals surface area contributed by atoms with E-state index in [1.165, 1.54) is 42.9 Å². The van der Waals surface area contributed by atoms with Gasteiger partial charge in [0, 0.05) is 93.3 Å². The van der Waals surface area contributed by atoms with Crippen LogP contribution < -0.4 is 29.3 Å². The fourth-order valence-electron chi connectivity index (χ4n) is 13.1. The van der Waals surface area contributed by atoms with Crippen molar-refractivity contribution in [1.82, 2.24) is 29.4 Å². The van der Waals surface area contributed by atoms with Crippen LogP contribution in [-0.4, -0.2) is 147 Å². The molecule has 0 unspecified atom stereocenters. The van der Waals surface area contributed by atoms with E-state index in [2.05, 4.69) is 79.3 Å². The molecule has 6 aliphatic heterocycles. The lowest BCUT2D eigenvalue weighted by atomic mass is 9.59. The van der Waals surface area contributed by atoms with E-state index < -0.39 is 31.4 Å². The molecule has 18 nitrogen and oxygen atoms in total. The van der Waals surface area contributed by atoms with Crippen LogP contribution in [0.15, 0.2) is 84.4 Å². The fourth-order valence-corrected chi connectivity index (χ4v) is 14.1. The van der Waals surface area contributed by atoms with Crippen molar-refractivity contribution in [3.63, 3.8) is 0 Å². The largest absolute Gasteiger partial charge is 0.489 e. The number of hydrogen-bond donors (Lipinski definition) is 3. The van der Waals surface area contributed by atoms with Crippen molar-refractivity contribution in [2.45, 2.75) is 93.9 Å². The third-order valence-corrected chi connectivity index (χ3v) is 18.3. The minimum absolute atomic E-state index is 0.0339. The number of sulfonamides is 1. The lowest BCUT2D eigenvalue weighted by molar-refractivity contribution is -0.384. The molecule has 1 spiro atoms. The maximum absolute atomic E-state index is 14.6. The molecule has 390 valence electrons. The summed E-state index contributed by atoms with van der Waals surface area (Å²) < 4.78 is 48.6. The first-order valence-corrected chi connectivity index (χ1v) is 27.9. The summed E-state index contributed by atoms with van der Waals surface area (Å²) in [5, 5.41) is 16.8. The minimum Gasteiger partial charge on any atom is -0.489 e. The number of piperazine rings is 1. The first-order chi connectivity index (χ1) is 35.8. The highest BCUT2D eigenvalue weighted by Gasteiger charge is 2.50. The maximum Gasteiger partial charge on any atom is 0.297 e. The molecule has 12 rings (SSSR count). The van der Waals surface area contributed by atoms with Crippen LogP contribution in [0.5, 0.6) is 11.6 Å². The Bertz CT molecular complexity index is 3110. The number of nitro benzene ring substituents is 1. The number of pyridine rings is 1. The van der Waals surface area contributed by atoms with Gasteiger partial charge in [0.2, 0.25) is 5.88 Å². The zero-order valence-electron chi connectivity index (χ0n) is 42.3. The number of benzene rings is 3. The van der Waals surface area contributed by atoms with E-state index >= 15 is 0 Å². The third-order valence-electron chi connectivity index (χ3n) is 17.0. The standard InChI is InChI=1S/C55H66N10O8S/c1-35(2)43-8-4-5-9-44(43)46-10-6-17-63(46)40-28-55(29-40)14-19-61(20-15-55)39-11-12-45(47(25-39)64-18-7-23-72-54-49(64)24-37-13-16-56-52(37)58-54)53(66)59-74(69,70)42-26-48(65(67)68)51-50(27-42)73-32-38(57-51)31-60-21-22-62(36(3)30-60)41-33-71-34-41/h4-5,8-9,11-13,16,24-27,36,38,40-41,46,57H,1,6-7,10,14-15,17-23,28-34H2,2-3H3,(H,56,58)(H,59,66)/t36-,38-,46+/m1/s1. The number of carbonyl (C=O) groups excluding carboxylic acids is 1. The monoisotopic (exact) mass is 1030 g/mol. The first kappa shape index (κ1) is 48.7. The van der Waals surface area contributed by atoms with E-state index in [1.807, 2.05) is 35.4 Å². The Morgan fingerprint density at radius 3 is 2.51 bits per heavy atom. The summed E-state index contributed by atoms with van der Waals surface area (Å²) >= 11 is 0. The van der Waals surface area contributed by atoms with Crippen molar-refractivity contribution in [1.29, 1.82) is 0 Å². The molecule has 5 fully saturated rings. The summed E-state index contributed by atoms with van der Waals surface area (Å²) in [4.78, 5) is 46.1. The van der Waals surface area contributed by atoms with Crippen LogP contribution in [0.4, 0.5) is 28.4 Å². The number of amides is 1. The lowest BCUT2D eigenvalue weighted by Gasteiger charge is -2.56. The van der Waals surface area contributed by atoms with E-state index in [0.29, 0.717) is 73.2 Å². The third kappa shape index (κ3) is 9.13. The van der Waals surface area contributed by atoms with Gasteiger partial charge < -0.3 is 34.3 Å². The van der Waals surface area contributed by atoms with E-state index in [1.54, 1.807) is 6.07 Å². The van der Waals surface area contributed by atoms with Gasteiger partial charge in [-0.2, -0.15) is 4.98 Å². The zero-order chi connectivity index (χ0) is 50.9. The van der Waals surface area contributed by atoms with Gasteiger partial charge in [0.25, 0.3) is 21.6 Å². The Morgan fingerprint density at radius 2 is 1.74 bits per heavy atom. The zero-order valence-corrected chi connectivity index (χ0v) is 43.1. The number of allylic oxidation sites excluding steroid dienone is 1. The molecule has 3 atom stereocenters. The second-order valence-electron chi connectivity index (χ2n) is 21.8. The van der Waals surface area contributed by atoms with Crippen molar-refractivity contribution in [2.75, 3.05) is 93.9 Å². The summed E-state index contributed by atoms with van der Waals surface area (Å²) in [5.74, 6) is -0.443. The number of nitro groups is 1. The van der Waals surface area contributed by atoms with Gasteiger partial charge in [0.05, 0.1) is 53.0 Å². The SMILES string of the molecule is C=C(C)c1ccccc1[C@@H]1CCCN1C1CC2(CCN(c3ccc(C(=O)NS(=O)(=O)c4cc5c(c([N+](=O)[O-])c4)N[C@H](CN4CCN(C6COC6)[C@H](C)C4)CO5)c(N4CCCOc5nc6[nH]ccc6cc54)c3)CC2)C1. The van der Waals surface area contributed by atoms with Crippen LogP contribution in [0.1, 0.15) is 86.3 Å². The van der Waals surface area contributed by atoms with E-state index in [0.717, 1.165) is 88.0 Å². The molecule has 3 N–H and O–H groups in total. The number of likely N-dealkylation sites (tertiary alicyclic amines) is 1. The highest BCUT2D eigenvalue weighted by Crippen LogP contribution is 2.54. The molecule has 7 aliphatic rings. The molecular weight excluding hydrogens is 961 g/mol. The van der Waals surface area contributed by atoms with Crippen molar-refractivity contribution in [3.8, 4) is 11.6 Å². The first-order valence-electron chi connectivity index (χ1n) is 26.4. The average molecular weight is 1030 g/mol. The minimum atomic E-state index is -4.67. The second-order valence-corrected chi connectivity index (χ2v) is 23.5. The second kappa shape index (κ2) is 19.5. The number of rotatable bonds is 12. The van der Waals surface area contributed by atoms with E-state index in [9.17, 15) is 23.3 Å². The van der Waals surface area contributed by atoms with Crippen LogP contribution in [-0.2, 0) is 14.8 Å². The molecule has 3 aromatic carbocycles. The average Bonchev–Trinajstić information content (AvgIpc) is 4.00. The maximum atomic E-state index is 14.6. The van der Waals surface area contributed by atoms with Crippen LogP contribution >= 0.6 is 0 Å². The molecule has 19 heteroatoms. The Kier molecular flexibility index (Phi) is 12.8. The predicted octanol–water partition coefficient (Wildman–Crippen LogP) is 7.71. The number of aromatic amines is 1. The molecule has 0 radical (unpaired) electrons. The number of ether oxygens (including phenoxy) is 3. The molecule has 8 heterocycles. The van der Waals surface area contributed by atoms with Crippen molar-refractivity contribution < 1.29 is 32.3 Å². The number of fused-ring (bicyclic) bond motifs is 3. The Morgan fingerprint density at radius 1 is 0.919 bits per heavy atom. The van der Waals surface area contributed by atoms with Gasteiger partial charge in [-0.05, 0) is 112 Å². The topological polar surface area (TPSA) is 191 Å². The number of anilines is 4. The Balaban J connectivity index is 0.779. The van der Waals surface area contributed by atoms with Gasteiger partial charge in [-0.1, -0.05) is 36.4 Å². The smallest absolute Gasteiger partial charge is 0.297 e. The summed E-state index contributed by atoms with van der Waals surface area (Å²) in [7, 11) is -4.67. The Hall–Kier alpha value is -6.25. The van der Waals surface area contributed by atoms with Crippen LogP contribution in [0.2, 0.25) is 0 Å². The van der Waals surface area contributed by atoms with Gasteiger partial charge in [-0.3, -0.25) is 29.6 Å². The number of hydrogen-bond acceptors (Lipinski definition) is 15. The summed E-state index contributed by atoms with van der Waals surface area (Å²) in [5.41, 5.74) is 6.59. The van der Waals surface area contributed by atoms with Crippen molar-refractivity contribution >= 4 is 61.0 Å². The molecule has 4 saturated heterocycles. The highest BCUT2D eigenvalue weighted by molar-refractivity contribution is 7.90. The molecule has 0 bridgehead atoms. The predicted molar refractivity (Wildman–Crippen MR) is 284 cm³/mol. The number of piperidine rings is 1. The lowest BCUT2D eigenvalue weighted by Crippen LogP contribution is -2.61. The number of nitrogens with zero attached hydrogens (tertiary/aromatic N) is 7. The van der Waals surface area contributed by atoms with Gasteiger partial charge in [-0.25, -0.2) is 13.1 Å². The number of carbonyl (C=O) groups is 1. The number of aromatic nitrogens is 2. The van der Waals surface area contributed by atoms with Gasteiger partial charge in [-0.15, -0.1) is 0 Å². The van der Waals surface area contributed by atoms with Crippen molar-refractivity contribution in [3.05, 3.63) is 106 Å². The molecule has 2 aromatic heterocycles. The molecule has 5 aromatic rings. The highest BCUT2D eigenvalue weighted by atomic mass is 32.2. The molecule has 1 aliphatic carbocycles. The number of H-pyrrole nitrogens is 1. The van der Waals surface area contributed by atoms with E-state index in [4.69, 9.17) is 19.2 Å². The van der Waals surface area contributed by atoms with Crippen LogP contribution in [0.25, 0.3) is 16.6 Å². The van der Waals surface area contributed by atoms with Crippen LogP contribution in [0.3, 0.4) is 0 Å². The normalized spacial score (nSPS) is 23.7. The quantitative estimate of drug-likeness (QED) is 0.0813. The van der Waals surface area contributed by atoms with Crippen LogP contribution in [0, 0.1) is 15.5 Å². The van der Waals surface area contributed by atoms with Crippen molar-refractivity contribution in [2.24, 2.45) is 5.41 Å². The summed E-state index contributed by atoms with van der Waals surface area (Å²) in [6.45, 7) is 17.1. The van der Waals surface area contributed by atoms with Gasteiger partial charge in [0.1, 0.15) is 17.9 Å². The Labute approximate surface area is 432 Å². The molecule has 1 amide bonds. The van der Waals surface area contributed by atoms with Gasteiger partial charge in [0.15, 0.2) is 11.4 Å².